The number of amides is 2. The van der Waals surface area contributed by atoms with Crippen molar-refractivity contribution in [3.8, 4) is 11.1 Å². The molecule has 0 spiro atoms. The molecular formula is C21H24N2O3. The van der Waals surface area contributed by atoms with Crippen molar-refractivity contribution < 1.29 is 14.3 Å². The molecule has 5 heteroatoms. The van der Waals surface area contributed by atoms with Crippen molar-refractivity contribution in [2.75, 3.05) is 31.2 Å². The number of piperazine rings is 1. The average molecular weight is 352 g/mol. The molecule has 0 saturated carbocycles. The molecule has 0 aromatic heterocycles. The van der Waals surface area contributed by atoms with E-state index in [-0.39, 0.29) is 31.0 Å². The van der Waals surface area contributed by atoms with Gasteiger partial charge in [0.25, 0.3) is 0 Å². The number of carbonyl (C=O) groups is 2. The molecule has 1 heterocycles. The van der Waals surface area contributed by atoms with E-state index < -0.39 is 0 Å². The fourth-order valence-corrected chi connectivity index (χ4v) is 3.26. The molecule has 26 heavy (non-hydrogen) atoms. The highest BCUT2D eigenvalue weighted by molar-refractivity contribution is 6.01. The summed E-state index contributed by atoms with van der Waals surface area (Å²) in [7, 11) is 0. The Morgan fingerprint density at radius 2 is 1.81 bits per heavy atom. The highest BCUT2D eigenvalue weighted by Gasteiger charge is 2.33. The Labute approximate surface area is 154 Å². The van der Waals surface area contributed by atoms with Crippen LogP contribution in [0.4, 0.5) is 5.69 Å². The molecule has 1 aliphatic heterocycles. The lowest BCUT2D eigenvalue weighted by molar-refractivity contribution is -0.143. The van der Waals surface area contributed by atoms with Gasteiger partial charge in [0.1, 0.15) is 13.2 Å². The standard InChI is InChI=1S/C21H24N2O3/c1-3-26-15-21(25)22-14-20(24)23(13-16(22)2)19-12-8-7-11-18(19)17-9-5-4-6-10-17/h4-12,16H,3,13-15H2,1-2H3/t16-/m1/s1. The van der Waals surface area contributed by atoms with Gasteiger partial charge < -0.3 is 14.5 Å². The topological polar surface area (TPSA) is 49.9 Å². The minimum Gasteiger partial charge on any atom is -0.372 e. The van der Waals surface area contributed by atoms with E-state index in [1.54, 1.807) is 9.80 Å². The van der Waals surface area contributed by atoms with Crippen LogP contribution < -0.4 is 4.90 Å². The van der Waals surface area contributed by atoms with Crippen LogP contribution in [0.25, 0.3) is 11.1 Å². The lowest BCUT2D eigenvalue weighted by Gasteiger charge is -2.40. The van der Waals surface area contributed by atoms with Gasteiger partial charge in [0.2, 0.25) is 11.8 Å². The zero-order chi connectivity index (χ0) is 18.5. The molecule has 0 bridgehead atoms. The van der Waals surface area contributed by atoms with Gasteiger partial charge in [-0.05, 0) is 25.5 Å². The number of ether oxygens (including phenoxy) is 1. The minimum atomic E-state index is -0.135. The molecule has 1 fully saturated rings. The van der Waals surface area contributed by atoms with E-state index in [0.29, 0.717) is 13.2 Å². The van der Waals surface area contributed by atoms with Gasteiger partial charge in [-0.2, -0.15) is 0 Å². The Morgan fingerprint density at radius 1 is 1.12 bits per heavy atom. The van der Waals surface area contributed by atoms with Crippen molar-refractivity contribution in [1.82, 2.24) is 4.90 Å². The third-order valence-corrected chi connectivity index (χ3v) is 4.62. The fraction of sp³-hybridized carbons (Fsp3) is 0.333. The Balaban J connectivity index is 1.84. The largest absolute Gasteiger partial charge is 0.372 e. The molecule has 0 aliphatic carbocycles. The van der Waals surface area contributed by atoms with E-state index in [2.05, 4.69) is 0 Å². The predicted molar refractivity (Wildman–Crippen MR) is 102 cm³/mol. The van der Waals surface area contributed by atoms with Crippen molar-refractivity contribution in [3.63, 3.8) is 0 Å². The molecule has 5 nitrogen and oxygen atoms in total. The summed E-state index contributed by atoms with van der Waals surface area (Å²) in [6.07, 6.45) is 0. The van der Waals surface area contributed by atoms with Crippen LogP contribution in [-0.2, 0) is 14.3 Å². The molecule has 2 aromatic carbocycles. The van der Waals surface area contributed by atoms with Gasteiger partial charge in [-0.3, -0.25) is 9.59 Å². The second-order valence-corrected chi connectivity index (χ2v) is 6.40. The van der Waals surface area contributed by atoms with E-state index in [4.69, 9.17) is 4.74 Å². The van der Waals surface area contributed by atoms with Crippen LogP contribution in [0.15, 0.2) is 54.6 Å². The first kappa shape index (κ1) is 18.1. The van der Waals surface area contributed by atoms with Crippen molar-refractivity contribution in [2.24, 2.45) is 0 Å². The Kier molecular flexibility index (Phi) is 5.68. The number of carbonyl (C=O) groups excluding carboxylic acids is 2. The summed E-state index contributed by atoms with van der Waals surface area (Å²) in [5.41, 5.74) is 2.97. The third-order valence-electron chi connectivity index (χ3n) is 4.62. The number of para-hydroxylation sites is 1. The van der Waals surface area contributed by atoms with Crippen LogP contribution in [0.3, 0.4) is 0 Å². The summed E-state index contributed by atoms with van der Waals surface area (Å²) >= 11 is 0. The summed E-state index contributed by atoms with van der Waals surface area (Å²) in [5.74, 6) is -0.208. The fourth-order valence-electron chi connectivity index (χ4n) is 3.26. The average Bonchev–Trinajstić information content (AvgIpc) is 2.68. The Hall–Kier alpha value is -2.66. The Bertz CT molecular complexity index is 776. The quantitative estimate of drug-likeness (QED) is 0.831. The number of nitrogens with zero attached hydrogens (tertiary/aromatic N) is 2. The smallest absolute Gasteiger partial charge is 0.249 e. The molecule has 2 aromatic rings. The highest BCUT2D eigenvalue weighted by atomic mass is 16.5. The van der Waals surface area contributed by atoms with Crippen LogP contribution in [0, 0.1) is 0 Å². The lowest BCUT2D eigenvalue weighted by atomic mass is 10.0. The van der Waals surface area contributed by atoms with Gasteiger partial charge in [0, 0.05) is 24.8 Å². The van der Waals surface area contributed by atoms with Gasteiger partial charge in [-0.1, -0.05) is 48.5 Å². The highest BCUT2D eigenvalue weighted by Crippen LogP contribution is 2.32. The molecule has 1 aliphatic rings. The number of hydrogen-bond acceptors (Lipinski definition) is 3. The number of rotatable bonds is 5. The molecule has 0 unspecified atom stereocenters. The first-order valence-corrected chi connectivity index (χ1v) is 8.93. The van der Waals surface area contributed by atoms with Crippen LogP contribution >= 0.6 is 0 Å². The maximum Gasteiger partial charge on any atom is 0.249 e. The van der Waals surface area contributed by atoms with Crippen LogP contribution in [0.2, 0.25) is 0 Å². The molecular weight excluding hydrogens is 328 g/mol. The maximum atomic E-state index is 12.8. The van der Waals surface area contributed by atoms with Crippen LogP contribution in [-0.4, -0.2) is 49.1 Å². The minimum absolute atomic E-state index is 0.0225. The maximum absolute atomic E-state index is 12.8. The molecule has 1 atom stereocenters. The number of anilines is 1. The summed E-state index contributed by atoms with van der Waals surface area (Å²) in [4.78, 5) is 28.5. The van der Waals surface area contributed by atoms with E-state index in [0.717, 1.165) is 16.8 Å². The molecule has 136 valence electrons. The molecule has 0 N–H and O–H groups in total. The van der Waals surface area contributed by atoms with Gasteiger partial charge in [-0.25, -0.2) is 0 Å². The Morgan fingerprint density at radius 3 is 2.54 bits per heavy atom. The first-order chi connectivity index (χ1) is 12.6. The van der Waals surface area contributed by atoms with Crippen molar-refractivity contribution in [3.05, 3.63) is 54.6 Å². The van der Waals surface area contributed by atoms with Gasteiger partial charge in [-0.15, -0.1) is 0 Å². The lowest BCUT2D eigenvalue weighted by Crippen LogP contribution is -2.57. The summed E-state index contributed by atoms with van der Waals surface area (Å²) in [5, 5.41) is 0. The van der Waals surface area contributed by atoms with E-state index in [1.165, 1.54) is 0 Å². The number of benzene rings is 2. The monoisotopic (exact) mass is 352 g/mol. The van der Waals surface area contributed by atoms with Crippen molar-refractivity contribution >= 4 is 17.5 Å². The zero-order valence-electron chi connectivity index (χ0n) is 15.2. The normalized spacial score (nSPS) is 17.5. The van der Waals surface area contributed by atoms with Crippen LogP contribution in [0.5, 0.6) is 0 Å². The van der Waals surface area contributed by atoms with E-state index in [9.17, 15) is 9.59 Å². The molecule has 0 radical (unpaired) electrons. The summed E-state index contributed by atoms with van der Waals surface area (Å²) < 4.78 is 5.20. The molecule has 1 saturated heterocycles. The zero-order valence-corrected chi connectivity index (χ0v) is 15.2. The first-order valence-electron chi connectivity index (χ1n) is 8.93. The second kappa shape index (κ2) is 8.15. The van der Waals surface area contributed by atoms with E-state index in [1.807, 2.05) is 68.4 Å². The molecule has 2 amide bonds. The summed E-state index contributed by atoms with van der Waals surface area (Å²) in [6.45, 7) is 4.87. The predicted octanol–water partition coefficient (Wildman–Crippen LogP) is 2.95. The molecule has 3 rings (SSSR count). The van der Waals surface area contributed by atoms with Crippen molar-refractivity contribution in [1.29, 1.82) is 0 Å². The van der Waals surface area contributed by atoms with E-state index >= 15 is 0 Å². The summed E-state index contributed by atoms with van der Waals surface area (Å²) in [6, 6.07) is 17.9. The SMILES string of the molecule is CCOCC(=O)N1CC(=O)N(c2ccccc2-c2ccccc2)C[C@H]1C. The van der Waals surface area contributed by atoms with Gasteiger partial charge in [0.05, 0.1) is 5.69 Å². The van der Waals surface area contributed by atoms with Gasteiger partial charge >= 0.3 is 0 Å². The second-order valence-electron chi connectivity index (χ2n) is 6.40. The van der Waals surface area contributed by atoms with Gasteiger partial charge in [0.15, 0.2) is 0 Å². The van der Waals surface area contributed by atoms with Crippen molar-refractivity contribution in [2.45, 2.75) is 19.9 Å². The third kappa shape index (κ3) is 3.78. The number of hydrogen-bond donors (Lipinski definition) is 0. The van der Waals surface area contributed by atoms with Crippen LogP contribution in [0.1, 0.15) is 13.8 Å².